The van der Waals surface area contributed by atoms with E-state index >= 15 is 0 Å². The number of ether oxygens (including phenoxy) is 2. The summed E-state index contributed by atoms with van der Waals surface area (Å²) in [4.78, 5) is 35.9. The maximum Gasteiger partial charge on any atom is 0.329 e. The molecular weight excluding hydrogens is 400 g/mol. The van der Waals surface area contributed by atoms with Gasteiger partial charge >= 0.3 is 11.8 Å². The number of rotatable bonds is 9. The van der Waals surface area contributed by atoms with Crippen LogP contribution in [0.1, 0.15) is 18.9 Å². The molecule has 0 aliphatic carbocycles. The minimum Gasteiger partial charge on any atom is -0.497 e. The zero-order valence-electron chi connectivity index (χ0n) is 17.7. The standard InChI is InChI=1S/C22H26N4O5/c1-15(14-20(27)23-13-12-16-8-10-17(30-2)11-9-16)25-26-22(29)21(28)24-18-6-4-5-7-19(18)31-3/h4-11H,12-14H2,1-3H3,(H,23,27)(H,24,28)(H,26,29)/b25-15-. The van der Waals surface area contributed by atoms with Crippen molar-refractivity contribution in [2.75, 3.05) is 26.1 Å². The van der Waals surface area contributed by atoms with Crippen LogP contribution in [0.15, 0.2) is 53.6 Å². The molecule has 2 rings (SSSR count). The Labute approximate surface area is 180 Å². The molecule has 0 aliphatic heterocycles. The fourth-order valence-electron chi connectivity index (χ4n) is 2.60. The number of hydrazone groups is 1. The normalized spacial score (nSPS) is 10.7. The van der Waals surface area contributed by atoms with Gasteiger partial charge in [0, 0.05) is 12.3 Å². The van der Waals surface area contributed by atoms with Gasteiger partial charge in [0.1, 0.15) is 11.5 Å². The predicted molar refractivity (Wildman–Crippen MR) is 117 cm³/mol. The molecule has 0 heterocycles. The van der Waals surface area contributed by atoms with Crippen LogP contribution < -0.4 is 25.5 Å². The third kappa shape index (κ3) is 7.81. The Morgan fingerprint density at radius 3 is 2.32 bits per heavy atom. The van der Waals surface area contributed by atoms with E-state index in [2.05, 4.69) is 21.2 Å². The second-order valence-electron chi connectivity index (χ2n) is 6.57. The summed E-state index contributed by atoms with van der Waals surface area (Å²) in [7, 11) is 3.06. The SMILES string of the molecule is COc1ccc(CCNC(=O)C/C(C)=N\NC(=O)C(=O)Nc2ccccc2OC)cc1. The maximum atomic E-state index is 12.0. The molecule has 9 nitrogen and oxygen atoms in total. The lowest BCUT2D eigenvalue weighted by molar-refractivity contribution is -0.136. The summed E-state index contributed by atoms with van der Waals surface area (Å²) < 4.78 is 10.2. The first-order valence-electron chi connectivity index (χ1n) is 9.60. The van der Waals surface area contributed by atoms with Gasteiger partial charge in [0.25, 0.3) is 0 Å². The first kappa shape index (κ1) is 23.4. The van der Waals surface area contributed by atoms with Crippen molar-refractivity contribution >= 4 is 29.1 Å². The number of hydrogen-bond acceptors (Lipinski definition) is 6. The number of benzene rings is 2. The Morgan fingerprint density at radius 1 is 0.935 bits per heavy atom. The zero-order chi connectivity index (χ0) is 22.6. The summed E-state index contributed by atoms with van der Waals surface area (Å²) in [5, 5.41) is 9.04. The number of anilines is 1. The van der Waals surface area contributed by atoms with E-state index < -0.39 is 11.8 Å². The average Bonchev–Trinajstić information content (AvgIpc) is 2.78. The number of carbonyl (C=O) groups excluding carboxylic acids is 3. The molecule has 0 atom stereocenters. The first-order chi connectivity index (χ1) is 14.9. The molecule has 2 aromatic rings. The number of nitrogens with one attached hydrogen (secondary N) is 3. The van der Waals surface area contributed by atoms with Crippen molar-refractivity contribution in [1.29, 1.82) is 0 Å². The van der Waals surface area contributed by atoms with Crippen molar-refractivity contribution in [1.82, 2.24) is 10.7 Å². The summed E-state index contributed by atoms with van der Waals surface area (Å²) >= 11 is 0. The molecule has 164 valence electrons. The van der Waals surface area contributed by atoms with Crippen molar-refractivity contribution in [2.45, 2.75) is 19.8 Å². The van der Waals surface area contributed by atoms with E-state index in [4.69, 9.17) is 9.47 Å². The third-order valence-corrected chi connectivity index (χ3v) is 4.22. The van der Waals surface area contributed by atoms with E-state index in [0.717, 1.165) is 11.3 Å². The van der Waals surface area contributed by atoms with Gasteiger partial charge < -0.3 is 20.1 Å². The van der Waals surface area contributed by atoms with Crippen LogP contribution in [0.4, 0.5) is 5.69 Å². The van der Waals surface area contributed by atoms with Crippen LogP contribution >= 0.6 is 0 Å². The molecule has 0 fully saturated rings. The first-order valence-corrected chi connectivity index (χ1v) is 9.60. The summed E-state index contributed by atoms with van der Waals surface area (Å²) in [6, 6.07) is 14.3. The Kier molecular flexibility index (Phi) is 9.03. The Hall–Kier alpha value is -3.88. The minimum absolute atomic E-state index is 0.00296. The van der Waals surface area contributed by atoms with Crippen LogP contribution in [0, 0.1) is 0 Å². The molecule has 0 saturated heterocycles. The number of nitrogens with zero attached hydrogens (tertiary/aromatic N) is 1. The molecule has 0 aromatic heterocycles. The van der Waals surface area contributed by atoms with E-state index in [1.807, 2.05) is 24.3 Å². The highest BCUT2D eigenvalue weighted by molar-refractivity contribution is 6.39. The number of hydrogen-bond donors (Lipinski definition) is 3. The highest BCUT2D eigenvalue weighted by atomic mass is 16.5. The number of para-hydroxylation sites is 2. The van der Waals surface area contributed by atoms with E-state index in [9.17, 15) is 14.4 Å². The molecule has 3 amide bonds. The average molecular weight is 426 g/mol. The highest BCUT2D eigenvalue weighted by Crippen LogP contribution is 2.22. The van der Waals surface area contributed by atoms with Gasteiger partial charge in [-0.15, -0.1) is 0 Å². The van der Waals surface area contributed by atoms with Crippen LogP contribution in [0.2, 0.25) is 0 Å². The molecular formula is C22H26N4O5. The smallest absolute Gasteiger partial charge is 0.329 e. The molecule has 0 unspecified atom stereocenters. The van der Waals surface area contributed by atoms with Crippen molar-refractivity contribution in [3.63, 3.8) is 0 Å². The van der Waals surface area contributed by atoms with Gasteiger partial charge in [0.15, 0.2) is 0 Å². The Morgan fingerprint density at radius 2 is 1.65 bits per heavy atom. The lowest BCUT2D eigenvalue weighted by Crippen LogP contribution is -2.33. The van der Waals surface area contributed by atoms with Gasteiger partial charge in [-0.25, -0.2) is 5.43 Å². The molecule has 2 aromatic carbocycles. The van der Waals surface area contributed by atoms with Gasteiger partial charge in [-0.1, -0.05) is 24.3 Å². The van der Waals surface area contributed by atoms with Crippen molar-refractivity contribution in [3.05, 3.63) is 54.1 Å². The second kappa shape index (κ2) is 12.0. The predicted octanol–water partition coefficient (Wildman–Crippen LogP) is 1.88. The number of carbonyl (C=O) groups is 3. The van der Waals surface area contributed by atoms with Gasteiger partial charge in [0.2, 0.25) is 5.91 Å². The second-order valence-corrected chi connectivity index (χ2v) is 6.57. The number of methoxy groups -OCH3 is 2. The Bertz CT molecular complexity index is 941. The van der Waals surface area contributed by atoms with Crippen molar-refractivity contribution < 1.29 is 23.9 Å². The molecule has 0 spiro atoms. The van der Waals surface area contributed by atoms with Crippen molar-refractivity contribution in [3.8, 4) is 11.5 Å². The fourth-order valence-corrected chi connectivity index (χ4v) is 2.60. The van der Waals surface area contributed by atoms with Gasteiger partial charge in [0.05, 0.1) is 26.3 Å². The van der Waals surface area contributed by atoms with Crippen LogP contribution in [0.3, 0.4) is 0 Å². The maximum absolute atomic E-state index is 12.0. The summed E-state index contributed by atoms with van der Waals surface area (Å²) in [6.45, 7) is 2.05. The zero-order valence-corrected chi connectivity index (χ0v) is 17.7. The van der Waals surface area contributed by atoms with Gasteiger partial charge in [-0.2, -0.15) is 5.10 Å². The highest BCUT2D eigenvalue weighted by Gasteiger charge is 2.15. The van der Waals surface area contributed by atoms with Gasteiger partial charge in [-0.3, -0.25) is 14.4 Å². The largest absolute Gasteiger partial charge is 0.497 e. The minimum atomic E-state index is -0.954. The van der Waals surface area contributed by atoms with E-state index in [1.165, 1.54) is 7.11 Å². The van der Waals surface area contributed by atoms with Crippen molar-refractivity contribution in [2.24, 2.45) is 5.10 Å². The van der Waals surface area contributed by atoms with E-state index in [0.29, 0.717) is 30.1 Å². The Balaban J connectivity index is 1.74. The monoisotopic (exact) mass is 426 g/mol. The molecule has 0 saturated carbocycles. The van der Waals surface area contributed by atoms with Crippen LogP contribution in [0.5, 0.6) is 11.5 Å². The van der Waals surface area contributed by atoms with E-state index in [1.54, 1.807) is 38.3 Å². The third-order valence-electron chi connectivity index (χ3n) is 4.22. The van der Waals surface area contributed by atoms with Crippen LogP contribution in [-0.2, 0) is 20.8 Å². The van der Waals surface area contributed by atoms with Gasteiger partial charge in [-0.05, 0) is 43.2 Å². The summed E-state index contributed by atoms with van der Waals surface area (Å²) in [5.74, 6) is -0.884. The van der Waals surface area contributed by atoms with Crippen LogP contribution in [0.25, 0.3) is 0 Å². The quantitative estimate of drug-likeness (QED) is 0.321. The molecule has 0 aliphatic rings. The molecule has 0 bridgehead atoms. The number of amides is 3. The molecule has 3 N–H and O–H groups in total. The summed E-state index contributed by atoms with van der Waals surface area (Å²) in [6.07, 6.45) is 0.669. The fraction of sp³-hybridized carbons (Fsp3) is 0.273. The lowest BCUT2D eigenvalue weighted by Gasteiger charge is -2.09. The summed E-state index contributed by atoms with van der Waals surface area (Å²) in [5.41, 5.74) is 3.94. The molecule has 31 heavy (non-hydrogen) atoms. The molecule has 9 heteroatoms. The van der Waals surface area contributed by atoms with Crippen LogP contribution in [-0.4, -0.2) is 44.2 Å². The molecule has 0 radical (unpaired) electrons. The lowest BCUT2D eigenvalue weighted by atomic mass is 10.1. The van der Waals surface area contributed by atoms with E-state index in [-0.39, 0.29) is 12.3 Å². The topological polar surface area (TPSA) is 118 Å².